The minimum Gasteiger partial charge on any atom is -0.481 e. The summed E-state index contributed by atoms with van der Waals surface area (Å²) < 4.78 is 6.01. The molecule has 0 spiro atoms. The molecule has 0 amide bonds. The number of aliphatic carboxylic acids is 1. The molecule has 2 N–H and O–H groups in total. The summed E-state index contributed by atoms with van der Waals surface area (Å²) in [6, 6.07) is 12.9. The number of hydrogen-bond acceptors (Lipinski definition) is 3. The molecule has 1 atom stereocenters. The average molecular weight is 324 g/mol. The number of nitrogens with one attached hydrogen (secondary N) is 1. The van der Waals surface area contributed by atoms with Gasteiger partial charge >= 0.3 is 5.97 Å². The lowest BCUT2D eigenvalue weighted by Gasteiger charge is -2.13. The van der Waals surface area contributed by atoms with Gasteiger partial charge in [-0.3, -0.25) is 4.79 Å². The molecular weight excluding hydrogens is 310 g/mol. The molecule has 0 fully saturated rings. The van der Waals surface area contributed by atoms with Crippen LogP contribution in [0.2, 0.25) is 0 Å². The van der Waals surface area contributed by atoms with Crippen LogP contribution in [0.4, 0.5) is 0 Å². The molecule has 100 valence electrons. The van der Waals surface area contributed by atoms with Crippen molar-refractivity contribution in [3.63, 3.8) is 0 Å². The summed E-state index contributed by atoms with van der Waals surface area (Å²) in [7, 11) is 0. The minimum absolute atomic E-state index is 0.359. The first-order chi connectivity index (χ1) is 9.16. The fraction of sp³-hybridized carbons (Fsp3) is 0.214. The molecule has 1 aromatic heterocycles. The first-order valence-corrected chi connectivity index (χ1v) is 6.69. The molecule has 1 unspecified atom stereocenters. The molecular formula is C14H14BrNO3. The van der Waals surface area contributed by atoms with Crippen LogP contribution in [0.25, 0.3) is 0 Å². The first kappa shape index (κ1) is 13.8. The Morgan fingerprint density at radius 2 is 2.00 bits per heavy atom. The molecule has 0 saturated carbocycles. The highest BCUT2D eigenvalue weighted by molar-refractivity contribution is 9.10. The van der Waals surface area contributed by atoms with Gasteiger partial charge in [0, 0.05) is 6.54 Å². The third kappa shape index (κ3) is 3.94. The topological polar surface area (TPSA) is 62.5 Å². The lowest BCUT2D eigenvalue weighted by molar-refractivity contribution is -0.138. The molecule has 0 aliphatic heterocycles. The van der Waals surface area contributed by atoms with E-state index in [9.17, 15) is 9.90 Å². The van der Waals surface area contributed by atoms with E-state index in [1.54, 1.807) is 0 Å². The van der Waals surface area contributed by atoms with E-state index in [0.717, 1.165) is 11.3 Å². The second kappa shape index (κ2) is 6.54. The molecule has 2 aromatic rings. The molecule has 1 heterocycles. The lowest BCUT2D eigenvalue weighted by atomic mass is 9.99. The van der Waals surface area contributed by atoms with Gasteiger partial charge in [0.05, 0.1) is 12.5 Å². The minimum atomic E-state index is -0.834. The summed E-state index contributed by atoms with van der Waals surface area (Å²) >= 11 is 3.22. The van der Waals surface area contributed by atoms with Crippen molar-refractivity contribution < 1.29 is 14.3 Å². The lowest BCUT2D eigenvalue weighted by Crippen LogP contribution is -2.26. The number of halogens is 1. The fourth-order valence-corrected chi connectivity index (χ4v) is 2.16. The van der Waals surface area contributed by atoms with Crippen molar-refractivity contribution in [1.29, 1.82) is 0 Å². The molecule has 0 aliphatic rings. The molecule has 19 heavy (non-hydrogen) atoms. The predicted molar refractivity (Wildman–Crippen MR) is 74.9 cm³/mol. The summed E-state index contributed by atoms with van der Waals surface area (Å²) in [5.74, 6) is -0.622. The van der Waals surface area contributed by atoms with Crippen molar-refractivity contribution in [3.05, 3.63) is 58.5 Å². The average Bonchev–Trinajstić information content (AvgIpc) is 2.81. The molecule has 5 heteroatoms. The molecule has 4 nitrogen and oxygen atoms in total. The third-order valence-corrected chi connectivity index (χ3v) is 3.20. The maximum absolute atomic E-state index is 11.3. The van der Waals surface area contributed by atoms with Gasteiger partial charge in [-0.1, -0.05) is 30.3 Å². The van der Waals surface area contributed by atoms with Crippen LogP contribution in [-0.4, -0.2) is 17.6 Å². The highest BCUT2D eigenvalue weighted by Crippen LogP contribution is 2.16. The zero-order valence-corrected chi connectivity index (χ0v) is 11.8. The first-order valence-electron chi connectivity index (χ1n) is 5.89. The van der Waals surface area contributed by atoms with Gasteiger partial charge in [-0.25, -0.2) is 0 Å². The zero-order chi connectivity index (χ0) is 13.7. The third-order valence-electron chi connectivity index (χ3n) is 2.78. The number of furan rings is 1. The molecule has 0 saturated heterocycles. The van der Waals surface area contributed by atoms with Crippen LogP contribution in [0.5, 0.6) is 0 Å². The molecule has 2 rings (SSSR count). The number of carboxylic acid groups (broad SMARTS) is 1. The Labute approximate surface area is 119 Å². The van der Waals surface area contributed by atoms with E-state index < -0.39 is 11.9 Å². The summed E-state index contributed by atoms with van der Waals surface area (Å²) in [5.41, 5.74) is 0.795. The van der Waals surface area contributed by atoms with Crippen LogP contribution in [0, 0.1) is 0 Å². The fourth-order valence-electron chi connectivity index (χ4n) is 1.82. The smallest absolute Gasteiger partial charge is 0.312 e. The predicted octanol–water partition coefficient (Wildman–Crippen LogP) is 3.00. The highest BCUT2D eigenvalue weighted by Gasteiger charge is 2.19. The van der Waals surface area contributed by atoms with Gasteiger partial charge in [-0.15, -0.1) is 0 Å². The van der Waals surface area contributed by atoms with Crippen molar-refractivity contribution >= 4 is 21.9 Å². The van der Waals surface area contributed by atoms with Gasteiger partial charge < -0.3 is 14.8 Å². The maximum atomic E-state index is 11.3. The van der Waals surface area contributed by atoms with Crippen molar-refractivity contribution in [1.82, 2.24) is 5.32 Å². The van der Waals surface area contributed by atoms with Crippen LogP contribution in [0.3, 0.4) is 0 Å². The van der Waals surface area contributed by atoms with E-state index in [1.807, 2.05) is 42.5 Å². The Hall–Kier alpha value is -1.59. The van der Waals surface area contributed by atoms with Gasteiger partial charge in [0.15, 0.2) is 4.67 Å². The quantitative estimate of drug-likeness (QED) is 0.857. The number of carboxylic acids is 1. The van der Waals surface area contributed by atoms with Crippen LogP contribution in [0.1, 0.15) is 17.2 Å². The standard InChI is InChI=1S/C14H14BrNO3/c15-13-7-6-11(19-13)8-16-9-12(14(17)18)10-4-2-1-3-5-10/h1-7,12,16H,8-9H2,(H,17,18). The van der Waals surface area contributed by atoms with E-state index >= 15 is 0 Å². The van der Waals surface area contributed by atoms with Crippen LogP contribution < -0.4 is 5.32 Å². The van der Waals surface area contributed by atoms with E-state index in [0.29, 0.717) is 17.8 Å². The van der Waals surface area contributed by atoms with Crippen LogP contribution >= 0.6 is 15.9 Å². The summed E-state index contributed by atoms with van der Waals surface area (Å²) in [6.07, 6.45) is 0. The van der Waals surface area contributed by atoms with E-state index in [1.165, 1.54) is 0 Å². The van der Waals surface area contributed by atoms with E-state index in [2.05, 4.69) is 21.2 Å². The normalized spacial score (nSPS) is 12.3. The Bertz CT molecular complexity index is 539. The van der Waals surface area contributed by atoms with E-state index in [-0.39, 0.29) is 0 Å². The van der Waals surface area contributed by atoms with Crippen molar-refractivity contribution in [2.45, 2.75) is 12.5 Å². The highest BCUT2D eigenvalue weighted by atomic mass is 79.9. The zero-order valence-electron chi connectivity index (χ0n) is 10.2. The molecule has 1 aromatic carbocycles. The summed E-state index contributed by atoms with van der Waals surface area (Å²) in [6.45, 7) is 0.861. The molecule has 0 radical (unpaired) electrons. The number of rotatable bonds is 6. The monoisotopic (exact) mass is 323 g/mol. The summed E-state index contributed by atoms with van der Waals surface area (Å²) in [5, 5.41) is 12.4. The van der Waals surface area contributed by atoms with Gasteiger partial charge in [-0.2, -0.15) is 0 Å². The SMILES string of the molecule is O=C(O)C(CNCc1ccc(Br)o1)c1ccccc1. The van der Waals surface area contributed by atoms with Crippen LogP contribution in [-0.2, 0) is 11.3 Å². The number of carbonyl (C=O) groups is 1. The maximum Gasteiger partial charge on any atom is 0.312 e. The Morgan fingerprint density at radius 3 is 2.58 bits per heavy atom. The molecule has 0 bridgehead atoms. The van der Waals surface area contributed by atoms with Gasteiger partial charge in [0.2, 0.25) is 0 Å². The number of hydrogen-bond donors (Lipinski definition) is 2. The van der Waals surface area contributed by atoms with Crippen molar-refractivity contribution in [2.75, 3.05) is 6.54 Å². The Kier molecular flexibility index (Phi) is 4.76. The second-order valence-corrected chi connectivity index (χ2v) is 4.92. The van der Waals surface area contributed by atoms with E-state index in [4.69, 9.17) is 4.42 Å². The Morgan fingerprint density at radius 1 is 1.26 bits per heavy atom. The van der Waals surface area contributed by atoms with Gasteiger partial charge in [0.1, 0.15) is 5.76 Å². The largest absolute Gasteiger partial charge is 0.481 e. The van der Waals surface area contributed by atoms with Crippen molar-refractivity contribution in [3.8, 4) is 0 Å². The molecule has 0 aliphatic carbocycles. The van der Waals surface area contributed by atoms with Crippen LogP contribution in [0.15, 0.2) is 51.6 Å². The van der Waals surface area contributed by atoms with Gasteiger partial charge in [0.25, 0.3) is 0 Å². The van der Waals surface area contributed by atoms with Gasteiger partial charge in [-0.05, 0) is 33.6 Å². The summed E-state index contributed by atoms with van der Waals surface area (Å²) in [4.78, 5) is 11.3. The van der Waals surface area contributed by atoms with Crippen molar-refractivity contribution in [2.24, 2.45) is 0 Å². The second-order valence-electron chi connectivity index (χ2n) is 4.14. The number of benzene rings is 1. The Balaban J connectivity index is 1.93.